The number of rotatable bonds is 4. The van der Waals surface area contributed by atoms with Crippen LogP contribution in [0.15, 0.2) is 12.1 Å². The molecule has 0 spiro atoms. The molecule has 18 heavy (non-hydrogen) atoms. The van der Waals surface area contributed by atoms with Crippen LogP contribution < -0.4 is 0 Å². The van der Waals surface area contributed by atoms with Crippen molar-refractivity contribution in [1.29, 1.82) is 0 Å². The van der Waals surface area contributed by atoms with Crippen molar-refractivity contribution in [3.05, 3.63) is 21.3 Å². The van der Waals surface area contributed by atoms with Crippen molar-refractivity contribution in [3.63, 3.8) is 0 Å². The van der Waals surface area contributed by atoms with Crippen molar-refractivity contribution in [2.24, 2.45) is 0 Å². The molecule has 0 N–H and O–H groups in total. The summed E-state index contributed by atoms with van der Waals surface area (Å²) in [5.74, 6) is 0.186. The molecule has 1 fully saturated rings. The summed E-state index contributed by atoms with van der Waals surface area (Å²) < 4.78 is 0.683. The molecule has 0 saturated carbocycles. The lowest BCUT2D eigenvalue weighted by molar-refractivity contribution is 0.0856. The number of carbonyl (C=O) groups excluding carboxylic acids is 1. The van der Waals surface area contributed by atoms with Gasteiger partial charge in [0.05, 0.1) is 15.8 Å². The van der Waals surface area contributed by atoms with Gasteiger partial charge in [0.2, 0.25) is 0 Å². The summed E-state index contributed by atoms with van der Waals surface area (Å²) >= 11 is 7.23. The highest BCUT2D eigenvalue weighted by Crippen LogP contribution is 2.22. The van der Waals surface area contributed by atoms with Crippen molar-refractivity contribution in [3.8, 4) is 0 Å². The molecule has 1 aliphatic heterocycles. The molecule has 1 atom stereocenters. The fourth-order valence-electron chi connectivity index (χ4n) is 2.34. The number of likely N-dealkylation sites (tertiary alicyclic amines) is 1. The summed E-state index contributed by atoms with van der Waals surface area (Å²) in [7, 11) is 4.21. The fourth-order valence-corrected chi connectivity index (χ4v) is 3.31. The van der Waals surface area contributed by atoms with Gasteiger partial charge in [-0.3, -0.25) is 9.69 Å². The standard InChI is InChI=1S/C13H19ClN2OS/c1-15(2)10-4-3-7-16(8-10)9-11(17)12-5-6-13(14)18-12/h5-6,10H,3-4,7-9H2,1-2H3. The zero-order chi connectivity index (χ0) is 13.1. The van der Waals surface area contributed by atoms with Crippen molar-refractivity contribution >= 4 is 28.7 Å². The number of nitrogens with zero attached hydrogens (tertiary/aromatic N) is 2. The summed E-state index contributed by atoms with van der Waals surface area (Å²) in [6, 6.07) is 4.18. The zero-order valence-electron chi connectivity index (χ0n) is 10.9. The van der Waals surface area contributed by atoms with Crippen LogP contribution in [0.4, 0.5) is 0 Å². The van der Waals surface area contributed by atoms with Gasteiger partial charge in [-0.05, 0) is 45.6 Å². The Bertz CT molecular complexity index is 419. The van der Waals surface area contributed by atoms with Gasteiger partial charge in [-0.15, -0.1) is 11.3 Å². The van der Waals surface area contributed by atoms with E-state index < -0.39 is 0 Å². The molecule has 5 heteroatoms. The normalized spacial score (nSPS) is 21.4. The Balaban J connectivity index is 1.91. The summed E-state index contributed by atoms with van der Waals surface area (Å²) in [6.07, 6.45) is 2.39. The second-order valence-corrected chi connectivity index (χ2v) is 6.74. The summed E-state index contributed by atoms with van der Waals surface area (Å²) in [4.78, 5) is 17.4. The predicted molar refractivity (Wildman–Crippen MR) is 76.8 cm³/mol. The van der Waals surface area contributed by atoms with Crippen LogP contribution in [0.1, 0.15) is 22.5 Å². The first-order valence-electron chi connectivity index (χ1n) is 6.23. The van der Waals surface area contributed by atoms with E-state index in [0.717, 1.165) is 18.0 Å². The molecule has 1 unspecified atom stereocenters. The Morgan fingerprint density at radius 2 is 2.33 bits per heavy atom. The number of halogens is 1. The van der Waals surface area contributed by atoms with Crippen LogP contribution in [0.5, 0.6) is 0 Å². The molecule has 1 saturated heterocycles. The van der Waals surface area contributed by atoms with Gasteiger partial charge in [0.1, 0.15) is 0 Å². The minimum atomic E-state index is 0.186. The van der Waals surface area contributed by atoms with E-state index in [1.807, 2.05) is 6.07 Å². The first-order valence-corrected chi connectivity index (χ1v) is 7.43. The van der Waals surface area contributed by atoms with E-state index in [2.05, 4.69) is 23.9 Å². The maximum Gasteiger partial charge on any atom is 0.186 e. The number of Topliss-reactive ketones (excluding diaryl/α,β-unsaturated/α-hetero) is 1. The third-order valence-electron chi connectivity index (χ3n) is 3.43. The predicted octanol–water partition coefficient (Wildman–Crippen LogP) is 2.61. The van der Waals surface area contributed by atoms with E-state index in [1.54, 1.807) is 6.07 Å². The zero-order valence-corrected chi connectivity index (χ0v) is 12.4. The first-order chi connectivity index (χ1) is 8.56. The van der Waals surface area contributed by atoms with Crippen molar-refractivity contribution in [2.45, 2.75) is 18.9 Å². The maximum atomic E-state index is 12.1. The second-order valence-electron chi connectivity index (χ2n) is 5.02. The Kier molecular flexibility index (Phi) is 4.78. The molecule has 0 aromatic carbocycles. The third-order valence-corrected chi connectivity index (χ3v) is 4.70. The molecule has 0 radical (unpaired) electrons. The Labute approximate surface area is 117 Å². The molecule has 1 aliphatic rings. The molecule has 3 nitrogen and oxygen atoms in total. The van der Waals surface area contributed by atoms with E-state index in [4.69, 9.17) is 11.6 Å². The van der Waals surface area contributed by atoms with E-state index in [0.29, 0.717) is 16.9 Å². The molecular weight excluding hydrogens is 268 g/mol. The summed E-state index contributed by atoms with van der Waals surface area (Å²) in [6.45, 7) is 2.52. The van der Waals surface area contributed by atoms with Crippen LogP contribution in [0.25, 0.3) is 0 Å². The van der Waals surface area contributed by atoms with Gasteiger partial charge >= 0.3 is 0 Å². The molecular formula is C13H19ClN2OS. The van der Waals surface area contributed by atoms with Gasteiger partial charge in [-0.2, -0.15) is 0 Å². The van der Waals surface area contributed by atoms with Crippen molar-refractivity contribution in [1.82, 2.24) is 9.80 Å². The molecule has 100 valence electrons. The highest BCUT2D eigenvalue weighted by molar-refractivity contribution is 7.18. The summed E-state index contributed by atoms with van der Waals surface area (Å²) in [5, 5.41) is 0. The van der Waals surface area contributed by atoms with Crippen LogP contribution in [0.2, 0.25) is 4.34 Å². The van der Waals surface area contributed by atoms with Crippen LogP contribution >= 0.6 is 22.9 Å². The number of hydrogen-bond donors (Lipinski definition) is 0. The molecule has 1 aromatic heterocycles. The van der Waals surface area contributed by atoms with Gasteiger partial charge < -0.3 is 4.90 Å². The maximum absolute atomic E-state index is 12.1. The van der Waals surface area contributed by atoms with E-state index in [1.165, 1.54) is 24.2 Å². The Hall–Kier alpha value is -0.420. The highest BCUT2D eigenvalue weighted by Gasteiger charge is 2.23. The summed E-state index contributed by atoms with van der Waals surface area (Å²) in [5.41, 5.74) is 0. The topological polar surface area (TPSA) is 23.6 Å². The van der Waals surface area contributed by atoms with Gasteiger partial charge in [0.25, 0.3) is 0 Å². The molecule has 0 amide bonds. The smallest absolute Gasteiger partial charge is 0.186 e. The van der Waals surface area contributed by atoms with E-state index >= 15 is 0 Å². The SMILES string of the molecule is CN(C)C1CCCN(CC(=O)c2ccc(Cl)s2)C1. The van der Waals surface area contributed by atoms with Crippen LogP contribution in [-0.4, -0.2) is 55.4 Å². The number of hydrogen-bond acceptors (Lipinski definition) is 4. The Morgan fingerprint density at radius 3 is 2.94 bits per heavy atom. The molecule has 2 heterocycles. The molecule has 2 rings (SSSR count). The van der Waals surface area contributed by atoms with Gasteiger partial charge in [0, 0.05) is 12.6 Å². The Morgan fingerprint density at radius 1 is 1.56 bits per heavy atom. The lowest BCUT2D eigenvalue weighted by atomic mass is 10.0. The largest absolute Gasteiger partial charge is 0.305 e. The number of carbonyl (C=O) groups is 1. The van der Waals surface area contributed by atoms with Gasteiger partial charge in [-0.1, -0.05) is 11.6 Å². The van der Waals surface area contributed by atoms with Crippen molar-refractivity contribution in [2.75, 3.05) is 33.7 Å². The molecule has 0 bridgehead atoms. The number of likely N-dealkylation sites (N-methyl/N-ethyl adjacent to an activating group) is 1. The monoisotopic (exact) mass is 286 g/mol. The molecule has 1 aromatic rings. The average Bonchev–Trinajstić information content (AvgIpc) is 2.76. The van der Waals surface area contributed by atoms with E-state index in [-0.39, 0.29) is 5.78 Å². The number of thiophene rings is 1. The van der Waals surface area contributed by atoms with Gasteiger partial charge in [0.15, 0.2) is 5.78 Å². The van der Waals surface area contributed by atoms with E-state index in [9.17, 15) is 4.79 Å². The quantitative estimate of drug-likeness (QED) is 0.795. The lowest BCUT2D eigenvalue weighted by Crippen LogP contribution is -2.46. The van der Waals surface area contributed by atoms with Gasteiger partial charge in [-0.25, -0.2) is 0 Å². The minimum absolute atomic E-state index is 0.186. The fraction of sp³-hybridized carbons (Fsp3) is 0.615. The lowest BCUT2D eigenvalue weighted by Gasteiger charge is -2.35. The number of piperidine rings is 1. The average molecular weight is 287 g/mol. The van der Waals surface area contributed by atoms with Crippen molar-refractivity contribution < 1.29 is 4.79 Å². The first kappa shape index (κ1) is 14.0. The molecule has 0 aliphatic carbocycles. The number of ketones is 1. The second kappa shape index (κ2) is 6.15. The third kappa shape index (κ3) is 3.54. The highest BCUT2D eigenvalue weighted by atomic mass is 35.5. The van der Waals surface area contributed by atoms with Crippen LogP contribution in [0.3, 0.4) is 0 Å². The van der Waals surface area contributed by atoms with Crippen LogP contribution in [-0.2, 0) is 0 Å². The van der Waals surface area contributed by atoms with Crippen LogP contribution in [0, 0.1) is 0 Å². The minimum Gasteiger partial charge on any atom is -0.305 e.